The van der Waals surface area contributed by atoms with Gasteiger partial charge in [-0.2, -0.15) is 0 Å². The molecule has 1 saturated carbocycles. The minimum atomic E-state index is 0.334. The Kier molecular flexibility index (Phi) is 4.55. The molecule has 0 radical (unpaired) electrons. The molecule has 0 spiro atoms. The van der Waals surface area contributed by atoms with Crippen molar-refractivity contribution in [2.24, 2.45) is 5.73 Å². The number of aromatic nitrogens is 2. The van der Waals surface area contributed by atoms with Crippen LogP contribution in [0.2, 0.25) is 0 Å². The number of piperazine rings is 1. The lowest BCUT2D eigenvalue weighted by molar-refractivity contribution is 0.249. The number of rotatable bonds is 4. The number of nitrogens with two attached hydrogens (primary N) is 1. The van der Waals surface area contributed by atoms with Gasteiger partial charge in [0.05, 0.1) is 0 Å². The predicted molar refractivity (Wildman–Crippen MR) is 97.6 cm³/mol. The summed E-state index contributed by atoms with van der Waals surface area (Å²) in [4.78, 5) is 13.7. The smallest absolute Gasteiger partial charge is 0.132 e. The maximum atomic E-state index is 9.60. The van der Waals surface area contributed by atoms with Gasteiger partial charge < -0.3 is 15.7 Å². The molecular weight excluding hydrogens is 314 g/mol. The standard InChI is InChI=1S/C19H25N5O/c20-16-9-15(10-16)18-11-19(22-13-21-18)24-6-4-23(5-7-24)12-14-2-1-3-17(25)8-14/h1-3,8,11,13,15-16,25H,4-7,9-10,12,20H2. The number of phenolic OH excluding ortho intramolecular Hbond substituents is 1. The van der Waals surface area contributed by atoms with Gasteiger partial charge in [0, 0.05) is 56.4 Å². The summed E-state index contributed by atoms with van der Waals surface area (Å²) in [5.41, 5.74) is 8.19. The summed E-state index contributed by atoms with van der Waals surface area (Å²) in [6.07, 6.45) is 3.76. The molecule has 2 aliphatic rings. The Hall–Kier alpha value is -2.18. The molecule has 2 fully saturated rings. The van der Waals surface area contributed by atoms with Crippen LogP contribution >= 0.6 is 0 Å². The van der Waals surface area contributed by atoms with Crippen molar-refractivity contribution < 1.29 is 5.11 Å². The van der Waals surface area contributed by atoms with Crippen LogP contribution in [0.1, 0.15) is 30.0 Å². The van der Waals surface area contributed by atoms with E-state index in [-0.39, 0.29) is 0 Å². The normalized spacial score (nSPS) is 24.1. The Balaban J connectivity index is 1.35. The fourth-order valence-electron chi connectivity index (χ4n) is 3.71. The van der Waals surface area contributed by atoms with Gasteiger partial charge in [-0.15, -0.1) is 0 Å². The lowest BCUT2D eigenvalue weighted by Crippen LogP contribution is -2.46. The lowest BCUT2D eigenvalue weighted by atomic mass is 9.78. The molecule has 4 rings (SSSR count). The Morgan fingerprint density at radius 2 is 1.88 bits per heavy atom. The average molecular weight is 339 g/mol. The van der Waals surface area contributed by atoms with Crippen molar-refractivity contribution in [3.63, 3.8) is 0 Å². The number of hydrogen-bond acceptors (Lipinski definition) is 6. The summed E-state index contributed by atoms with van der Waals surface area (Å²) in [5, 5.41) is 9.60. The van der Waals surface area contributed by atoms with Crippen LogP contribution in [-0.2, 0) is 6.54 Å². The van der Waals surface area contributed by atoms with Crippen LogP contribution < -0.4 is 10.6 Å². The van der Waals surface area contributed by atoms with Crippen molar-refractivity contribution in [2.45, 2.75) is 31.3 Å². The summed E-state index contributed by atoms with van der Waals surface area (Å²) < 4.78 is 0. The van der Waals surface area contributed by atoms with Gasteiger partial charge in [-0.3, -0.25) is 4.90 Å². The highest BCUT2D eigenvalue weighted by Crippen LogP contribution is 2.35. The Morgan fingerprint density at radius 1 is 1.08 bits per heavy atom. The maximum Gasteiger partial charge on any atom is 0.132 e. The quantitative estimate of drug-likeness (QED) is 0.883. The molecule has 6 nitrogen and oxygen atoms in total. The lowest BCUT2D eigenvalue weighted by Gasteiger charge is -2.36. The molecule has 0 amide bonds. The Labute approximate surface area is 148 Å². The highest BCUT2D eigenvalue weighted by atomic mass is 16.3. The molecule has 132 valence electrons. The van der Waals surface area contributed by atoms with Crippen LogP contribution in [0.5, 0.6) is 5.75 Å². The number of phenols is 1. The fraction of sp³-hybridized carbons (Fsp3) is 0.474. The zero-order chi connectivity index (χ0) is 17.2. The minimum absolute atomic E-state index is 0.334. The van der Waals surface area contributed by atoms with Crippen LogP contribution in [-0.4, -0.2) is 52.2 Å². The summed E-state index contributed by atoms with van der Waals surface area (Å²) in [5.74, 6) is 1.87. The third-order valence-electron chi connectivity index (χ3n) is 5.28. The van der Waals surface area contributed by atoms with Crippen LogP contribution in [0, 0.1) is 0 Å². The van der Waals surface area contributed by atoms with Gasteiger partial charge in [0.2, 0.25) is 0 Å². The van der Waals surface area contributed by atoms with E-state index < -0.39 is 0 Å². The first-order valence-electron chi connectivity index (χ1n) is 9.00. The molecule has 3 N–H and O–H groups in total. The van der Waals surface area contributed by atoms with Gasteiger partial charge in [0.15, 0.2) is 0 Å². The minimum Gasteiger partial charge on any atom is -0.508 e. The maximum absolute atomic E-state index is 9.60. The van der Waals surface area contributed by atoms with Crippen molar-refractivity contribution in [1.82, 2.24) is 14.9 Å². The molecule has 1 aromatic carbocycles. The third-order valence-corrected chi connectivity index (χ3v) is 5.28. The molecule has 1 aliphatic heterocycles. The van der Waals surface area contributed by atoms with Crippen molar-refractivity contribution in [2.75, 3.05) is 31.1 Å². The van der Waals surface area contributed by atoms with Gasteiger partial charge in [0.25, 0.3) is 0 Å². The van der Waals surface area contributed by atoms with Gasteiger partial charge in [-0.1, -0.05) is 12.1 Å². The van der Waals surface area contributed by atoms with Gasteiger partial charge in [-0.05, 0) is 30.5 Å². The molecule has 0 bridgehead atoms. The first-order chi connectivity index (χ1) is 12.2. The number of hydrogen-bond donors (Lipinski definition) is 2. The molecule has 6 heteroatoms. The molecule has 1 aromatic heterocycles. The molecule has 2 heterocycles. The van der Waals surface area contributed by atoms with E-state index in [4.69, 9.17) is 5.73 Å². The first kappa shape index (κ1) is 16.3. The fourth-order valence-corrected chi connectivity index (χ4v) is 3.71. The highest BCUT2D eigenvalue weighted by Gasteiger charge is 2.29. The second-order valence-electron chi connectivity index (χ2n) is 7.16. The van der Waals surface area contributed by atoms with Crippen molar-refractivity contribution in [3.8, 4) is 5.75 Å². The molecule has 2 aromatic rings. The molecule has 0 unspecified atom stereocenters. The summed E-state index contributed by atoms with van der Waals surface area (Å²) in [6.45, 7) is 4.77. The summed E-state index contributed by atoms with van der Waals surface area (Å²) in [7, 11) is 0. The molecule has 0 atom stereocenters. The molecular formula is C19H25N5O. The third kappa shape index (κ3) is 3.75. The zero-order valence-corrected chi connectivity index (χ0v) is 14.4. The second kappa shape index (κ2) is 6.98. The number of benzene rings is 1. The van der Waals surface area contributed by atoms with Crippen molar-refractivity contribution >= 4 is 5.82 Å². The van der Waals surface area contributed by atoms with Gasteiger partial charge >= 0.3 is 0 Å². The van der Waals surface area contributed by atoms with Crippen LogP contribution in [0.4, 0.5) is 5.82 Å². The van der Waals surface area contributed by atoms with Crippen LogP contribution in [0.25, 0.3) is 0 Å². The van der Waals surface area contributed by atoms with E-state index in [1.165, 1.54) is 0 Å². The SMILES string of the molecule is NC1CC(c2cc(N3CCN(Cc4cccc(O)c4)CC3)ncn2)C1. The van der Waals surface area contributed by atoms with Crippen LogP contribution in [0.15, 0.2) is 36.7 Å². The van der Waals surface area contributed by atoms with Gasteiger partial charge in [-0.25, -0.2) is 9.97 Å². The average Bonchev–Trinajstić information content (AvgIpc) is 2.60. The Bertz CT molecular complexity index is 723. The monoisotopic (exact) mass is 339 g/mol. The van der Waals surface area contributed by atoms with E-state index >= 15 is 0 Å². The Morgan fingerprint density at radius 3 is 2.60 bits per heavy atom. The zero-order valence-electron chi connectivity index (χ0n) is 14.4. The largest absolute Gasteiger partial charge is 0.508 e. The van der Waals surface area contributed by atoms with Crippen LogP contribution in [0.3, 0.4) is 0 Å². The highest BCUT2D eigenvalue weighted by molar-refractivity contribution is 5.40. The number of nitrogens with zero attached hydrogens (tertiary/aromatic N) is 4. The van der Waals surface area contributed by atoms with E-state index in [0.29, 0.717) is 17.7 Å². The van der Waals surface area contributed by atoms with E-state index in [2.05, 4.69) is 31.9 Å². The first-order valence-corrected chi connectivity index (χ1v) is 9.00. The topological polar surface area (TPSA) is 78.5 Å². The van der Waals surface area contributed by atoms with E-state index in [1.54, 1.807) is 12.4 Å². The van der Waals surface area contributed by atoms with E-state index in [0.717, 1.165) is 62.6 Å². The summed E-state index contributed by atoms with van der Waals surface area (Å²) in [6, 6.07) is 9.99. The number of aromatic hydroxyl groups is 1. The predicted octanol–water partition coefficient (Wildman–Crippen LogP) is 1.71. The van der Waals surface area contributed by atoms with Crippen molar-refractivity contribution in [1.29, 1.82) is 0 Å². The second-order valence-corrected chi connectivity index (χ2v) is 7.16. The molecule has 1 aliphatic carbocycles. The van der Waals surface area contributed by atoms with Gasteiger partial charge in [0.1, 0.15) is 17.9 Å². The molecule has 1 saturated heterocycles. The van der Waals surface area contributed by atoms with E-state index in [9.17, 15) is 5.11 Å². The summed E-state index contributed by atoms with van der Waals surface area (Å²) >= 11 is 0. The number of anilines is 1. The van der Waals surface area contributed by atoms with Crippen molar-refractivity contribution in [3.05, 3.63) is 47.9 Å². The molecule has 25 heavy (non-hydrogen) atoms. The van der Waals surface area contributed by atoms with E-state index in [1.807, 2.05) is 12.1 Å².